The summed E-state index contributed by atoms with van der Waals surface area (Å²) in [5.41, 5.74) is 7.65. The molecule has 0 saturated carbocycles. The van der Waals surface area contributed by atoms with E-state index in [4.69, 9.17) is 10.5 Å². The van der Waals surface area contributed by atoms with E-state index >= 15 is 0 Å². The first kappa shape index (κ1) is 13.0. The van der Waals surface area contributed by atoms with Crippen molar-refractivity contribution in [1.29, 1.82) is 0 Å². The van der Waals surface area contributed by atoms with Gasteiger partial charge in [-0.05, 0) is 30.5 Å². The highest BCUT2D eigenvalue weighted by Crippen LogP contribution is 2.32. The highest BCUT2D eigenvalue weighted by Gasteiger charge is 2.14. The molecule has 3 heteroatoms. The second-order valence-electron chi connectivity index (χ2n) is 4.77. The zero-order chi connectivity index (χ0) is 13.0. The van der Waals surface area contributed by atoms with E-state index in [2.05, 4.69) is 6.92 Å². The topological polar surface area (TPSA) is 55.5 Å². The second-order valence-corrected chi connectivity index (χ2v) is 4.77. The van der Waals surface area contributed by atoms with Crippen LogP contribution in [0.5, 0.6) is 11.5 Å². The molecule has 0 radical (unpaired) electrons. The Hall–Kier alpha value is -1.48. The Morgan fingerprint density at radius 1 is 1.28 bits per heavy atom. The molecule has 98 valence electrons. The number of phenolic OH excluding ortho intramolecular Hbond substituents is 1. The fourth-order valence-corrected chi connectivity index (χ4v) is 2.19. The highest BCUT2D eigenvalue weighted by atomic mass is 16.5. The van der Waals surface area contributed by atoms with Gasteiger partial charge in [0.1, 0.15) is 11.5 Å². The SMILES string of the molecule is CCCCCCc1cc2c(cc1O)OC(N)C=C2. The largest absolute Gasteiger partial charge is 0.508 e. The predicted molar refractivity (Wildman–Crippen MR) is 73.6 cm³/mol. The summed E-state index contributed by atoms with van der Waals surface area (Å²) in [5.74, 6) is 0.979. The van der Waals surface area contributed by atoms with Crippen molar-refractivity contribution in [3.8, 4) is 11.5 Å². The minimum absolute atomic E-state index is 0.313. The maximum absolute atomic E-state index is 9.96. The van der Waals surface area contributed by atoms with Crippen LogP contribution in [-0.4, -0.2) is 11.3 Å². The molecule has 0 saturated heterocycles. The molecule has 1 heterocycles. The number of rotatable bonds is 5. The minimum Gasteiger partial charge on any atom is -0.508 e. The summed E-state index contributed by atoms with van der Waals surface area (Å²) in [6.45, 7) is 2.20. The number of nitrogens with two attached hydrogens (primary N) is 1. The quantitative estimate of drug-likeness (QED) is 0.785. The summed E-state index contributed by atoms with van der Waals surface area (Å²) in [4.78, 5) is 0. The van der Waals surface area contributed by atoms with E-state index in [0.717, 1.165) is 24.0 Å². The first-order valence-corrected chi connectivity index (χ1v) is 6.67. The molecule has 0 bridgehead atoms. The summed E-state index contributed by atoms with van der Waals surface area (Å²) in [6.07, 6.45) is 9.09. The maximum Gasteiger partial charge on any atom is 0.167 e. The van der Waals surface area contributed by atoms with Gasteiger partial charge in [0.25, 0.3) is 0 Å². The van der Waals surface area contributed by atoms with Crippen LogP contribution >= 0.6 is 0 Å². The molecule has 1 unspecified atom stereocenters. The van der Waals surface area contributed by atoms with Crippen LogP contribution in [0.1, 0.15) is 43.7 Å². The predicted octanol–water partition coefficient (Wildman–Crippen LogP) is 3.21. The molecule has 1 aromatic carbocycles. The Morgan fingerprint density at radius 3 is 2.89 bits per heavy atom. The van der Waals surface area contributed by atoms with Gasteiger partial charge in [-0.15, -0.1) is 0 Å². The summed E-state index contributed by atoms with van der Waals surface area (Å²) in [6, 6.07) is 3.67. The number of ether oxygens (including phenoxy) is 1. The highest BCUT2D eigenvalue weighted by molar-refractivity contribution is 5.63. The van der Waals surface area contributed by atoms with Crippen molar-refractivity contribution in [3.63, 3.8) is 0 Å². The third-order valence-electron chi connectivity index (χ3n) is 3.24. The van der Waals surface area contributed by atoms with Gasteiger partial charge in [-0.25, -0.2) is 0 Å². The van der Waals surface area contributed by atoms with E-state index in [1.165, 1.54) is 19.3 Å². The number of hydrogen-bond acceptors (Lipinski definition) is 3. The number of benzene rings is 1. The number of unbranched alkanes of at least 4 members (excludes halogenated alkanes) is 3. The van der Waals surface area contributed by atoms with E-state index in [0.29, 0.717) is 11.5 Å². The zero-order valence-electron chi connectivity index (χ0n) is 10.9. The molecule has 1 aliphatic rings. The Kier molecular flexibility index (Phi) is 4.26. The Labute approximate surface area is 108 Å². The van der Waals surface area contributed by atoms with Crippen molar-refractivity contribution >= 4 is 6.08 Å². The summed E-state index contributed by atoms with van der Waals surface area (Å²) in [5, 5.41) is 9.96. The smallest absolute Gasteiger partial charge is 0.167 e. The van der Waals surface area contributed by atoms with E-state index < -0.39 is 6.23 Å². The van der Waals surface area contributed by atoms with Gasteiger partial charge in [0.15, 0.2) is 6.23 Å². The molecule has 2 rings (SSSR count). The average molecular weight is 247 g/mol. The number of aryl methyl sites for hydroxylation is 1. The van der Waals surface area contributed by atoms with Gasteiger partial charge in [-0.2, -0.15) is 0 Å². The molecular weight excluding hydrogens is 226 g/mol. The van der Waals surface area contributed by atoms with Crippen LogP contribution in [0.25, 0.3) is 6.08 Å². The molecule has 1 aromatic rings. The van der Waals surface area contributed by atoms with Gasteiger partial charge in [0, 0.05) is 11.6 Å². The van der Waals surface area contributed by atoms with Gasteiger partial charge < -0.3 is 9.84 Å². The van der Waals surface area contributed by atoms with Crippen molar-refractivity contribution in [1.82, 2.24) is 0 Å². The van der Waals surface area contributed by atoms with Crippen molar-refractivity contribution in [3.05, 3.63) is 29.3 Å². The lowest BCUT2D eigenvalue weighted by atomic mass is 10.0. The lowest BCUT2D eigenvalue weighted by molar-refractivity contribution is 0.253. The Balaban J connectivity index is 2.07. The third-order valence-corrected chi connectivity index (χ3v) is 3.24. The van der Waals surface area contributed by atoms with Crippen LogP contribution in [0.4, 0.5) is 0 Å². The second kappa shape index (κ2) is 5.91. The molecule has 3 nitrogen and oxygen atoms in total. The summed E-state index contributed by atoms with van der Waals surface area (Å²) >= 11 is 0. The van der Waals surface area contributed by atoms with E-state index in [1.54, 1.807) is 6.07 Å². The van der Waals surface area contributed by atoms with Crippen molar-refractivity contribution in [2.75, 3.05) is 0 Å². The van der Waals surface area contributed by atoms with Gasteiger partial charge >= 0.3 is 0 Å². The zero-order valence-corrected chi connectivity index (χ0v) is 10.9. The van der Waals surface area contributed by atoms with E-state index in [9.17, 15) is 5.11 Å². The Morgan fingerprint density at radius 2 is 2.11 bits per heavy atom. The normalized spacial score (nSPS) is 17.3. The van der Waals surface area contributed by atoms with Crippen LogP contribution in [0.2, 0.25) is 0 Å². The van der Waals surface area contributed by atoms with Gasteiger partial charge in [0.2, 0.25) is 0 Å². The minimum atomic E-state index is -0.410. The molecule has 0 aromatic heterocycles. The first-order chi connectivity index (χ1) is 8.70. The first-order valence-electron chi connectivity index (χ1n) is 6.67. The summed E-state index contributed by atoms with van der Waals surface area (Å²) < 4.78 is 5.44. The Bertz CT molecular complexity index is 440. The van der Waals surface area contributed by atoms with Gasteiger partial charge in [0.05, 0.1) is 0 Å². The van der Waals surface area contributed by atoms with Crippen LogP contribution in [0, 0.1) is 0 Å². The molecule has 0 amide bonds. The van der Waals surface area contributed by atoms with Crippen LogP contribution in [-0.2, 0) is 6.42 Å². The molecule has 0 aliphatic carbocycles. The molecule has 18 heavy (non-hydrogen) atoms. The van der Waals surface area contributed by atoms with Crippen molar-refractivity contribution in [2.24, 2.45) is 5.73 Å². The number of aromatic hydroxyl groups is 1. The van der Waals surface area contributed by atoms with Gasteiger partial charge in [-0.1, -0.05) is 32.3 Å². The number of hydrogen-bond donors (Lipinski definition) is 2. The molecule has 0 spiro atoms. The van der Waals surface area contributed by atoms with E-state index in [-0.39, 0.29) is 0 Å². The average Bonchev–Trinajstić information content (AvgIpc) is 2.35. The van der Waals surface area contributed by atoms with Crippen LogP contribution < -0.4 is 10.5 Å². The number of phenols is 1. The van der Waals surface area contributed by atoms with Crippen molar-refractivity contribution in [2.45, 2.75) is 45.3 Å². The summed E-state index contributed by atoms with van der Waals surface area (Å²) in [7, 11) is 0. The lowest BCUT2D eigenvalue weighted by Gasteiger charge is -2.19. The lowest BCUT2D eigenvalue weighted by Crippen LogP contribution is -2.26. The fraction of sp³-hybridized carbons (Fsp3) is 0.467. The number of fused-ring (bicyclic) bond motifs is 1. The molecule has 1 atom stereocenters. The molecular formula is C15H21NO2. The molecule has 3 N–H and O–H groups in total. The monoisotopic (exact) mass is 247 g/mol. The molecule has 1 aliphatic heterocycles. The molecule has 0 fully saturated rings. The fourth-order valence-electron chi connectivity index (χ4n) is 2.19. The van der Waals surface area contributed by atoms with Crippen LogP contribution in [0.3, 0.4) is 0 Å². The standard InChI is InChI=1S/C15H21NO2/c1-2-3-4-5-6-11-9-12-7-8-15(16)18-14(12)10-13(11)17/h7-10,15,17H,2-6,16H2,1H3. The van der Waals surface area contributed by atoms with E-state index in [1.807, 2.05) is 18.2 Å². The maximum atomic E-state index is 9.96. The van der Waals surface area contributed by atoms with Gasteiger partial charge in [-0.3, -0.25) is 5.73 Å². The van der Waals surface area contributed by atoms with Crippen molar-refractivity contribution < 1.29 is 9.84 Å². The third kappa shape index (κ3) is 3.05. The van der Waals surface area contributed by atoms with Crippen LogP contribution in [0.15, 0.2) is 18.2 Å².